The molecule has 0 aromatic heterocycles. The van der Waals surface area contributed by atoms with Crippen LogP contribution in [-0.2, 0) is 9.59 Å². The Morgan fingerprint density at radius 3 is 2.18 bits per heavy atom. The topological polar surface area (TPSA) is 60.9 Å². The van der Waals surface area contributed by atoms with Crippen molar-refractivity contribution in [2.45, 2.75) is 25.7 Å². The van der Waals surface area contributed by atoms with Crippen molar-refractivity contribution in [3.63, 3.8) is 0 Å². The fourth-order valence-corrected chi connectivity index (χ4v) is 2.61. The van der Waals surface area contributed by atoms with Crippen LogP contribution in [0.25, 0.3) is 0 Å². The lowest BCUT2D eigenvalue weighted by atomic mass is 9.97. The highest BCUT2D eigenvalue weighted by atomic mass is 16.4. The predicted molar refractivity (Wildman–Crippen MR) is 62.6 cm³/mol. The van der Waals surface area contributed by atoms with Crippen LogP contribution in [0.15, 0.2) is 0 Å². The number of carbonyl (C=O) groups excluding carboxylic acids is 1. The first-order valence-electron chi connectivity index (χ1n) is 6.40. The van der Waals surface area contributed by atoms with Gasteiger partial charge in [0.15, 0.2) is 0 Å². The minimum atomic E-state index is -0.725. The second kappa shape index (κ2) is 5.49. The summed E-state index contributed by atoms with van der Waals surface area (Å²) in [4.78, 5) is 26.8. The molecule has 2 heterocycles. The fourth-order valence-electron chi connectivity index (χ4n) is 2.61. The Balaban J connectivity index is 1.75. The van der Waals surface area contributed by atoms with Crippen molar-refractivity contribution in [3.8, 4) is 0 Å². The molecule has 0 spiro atoms. The number of carboxylic acids is 1. The second-order valence-corrected chi connectivity index (χ2v) is 4.98. The summed E-state index contributed by atoms with van der Waals surface area (Å²) in [7, 11) is 0. The number of aliphatic carboxylic acids is 1. The van der Waals surface area contributed by atoms with Gasteiger partial charge >= 0.3 is 5.97 Å². The Morgan fingerprint density at radius 1 is 1.06 bits per heavy atom. The number of hydrogen-bond donors (Lipinski definition) is 1. The molecule has 5 heteroatoms. The van der Waals surface area contributed by atoms with Crippen LogP contribution in [0.4, 0.5) is 0 Å². The summed E-state index contributed by atoms with van der Waals surface area (Å²) in [6, 6.07) is 0. The first kappa shape index (κ1) is 12.4. The quantitative estimate of drug-likeness (QED) is 0.776. The van der Waals surface area contributed by atoms with Crippen LogP contribution in [0.5, 0.6) is 0 Å². The van der Waals surface area contributed by atoms with Gasteiger partial charge in [-0.05, 0) is 38.8 Å². The summed E-state index contributed by atoms with van der Waals surface area (Å²) in [6.07, 6.45) is 3.57. The standard InChI is InChI=1S/C12H20N2O3/c15-11(9-13-5-1-2-6-13)14-7-3-10(4-8-14)12(16)17/h10H,1-9H2,(H,16,17). The molecule has 0 unspecified atom stereocenters. The molecule has 0 radical (unpaired) electrons. The van der Waals surface area contributed by atoms with Crippen LogP contribution in [-0.4, -0.2) is 59.5 Å². The Kier molecular flexibility index (Phi) is 3.99. The SMILES string of the molecule is O=C(O)C1CCN(C(=O)CN2CCCC2)CC1. The van der Waals surface area contributed by atoms with Gasteiger partial charge in [0, 0.05) is 13.1 Å². The van der Waals surface area contributed by atoms with Crippen molar-refractivity contribution >= 4 is 11.9 Å². The lowest BCUT2D eigenvalue weighted by Crippen LogP contribution is -2.44. The maximum atomic E-state index is 12.0. The van der Waals surface area contributed by atoms with Crippen molar-refractivity contribution < 1.29 is 14.7 Å². The van der Waals surface area contributed by atoms with Gasteiger partial charge in [-0.3, -0.25) is 14.5 Å². The van der Waals surface area contributed by atoms with E-state index in [0.29, 0.717) is 32.5 Å². The van der Waals surface area contributed by atoms with Crippen molar-refractivity contribution in [2.75, 3.05) is 32.7 Å². The van der Waals surface area contributed by atoms with E-state index in [1.165, 1.54) is 12.8 Å². The molecule has 0 aromatic carbocycles. The van der Waals surface area contributed by atoms with Gasteiger partial charge in [0.25, 0.3) is 0 Å². The molecule has 0 bridgehead atoms. The molecule has 2 rings (SSSR count). The zero-order valence-corrected chi connectivity index (χ0v) is 10.1. The smallest absolute Gasteiger partial charge is 0.306 e. The van der Waals surface area contributed by atoms with Gasteiger partial charge in [-0.1, -0.05) is 0 Å². The van der Waals surface area contributed by atoms with Crippen molar-refractivity contribution in [3.05, 3.63) is 0 Å². The van der Waals surface area contributed by atoms with Crippen molar-refractivity contribution in [1.82, 2.24) is 9.80 Å². The monoisotopic (exact) mass is 240 g/mol. The molecule has 2 aliphatic heterocycles. The molecule has 96 valence electrons. The van der Waals surface area contributed by atoms with Crippen molar-refractivity contribution in [1.29, 1.82) is 0 Å². The van der Waals surface area contributed by atoms with E-state index >= 15 is 0 Å². The van der Waals surface area contributed by atoms with Gasteiger partial charge < -0.3 is 10.0 Å². The first-order valence-corrected chi connectivity index (χ1v) is 6.40. The number of piperidine rings is 1. The summed E-state index contributed by atoms with van der Waals surface area (Å²) in [6.45, 7) is 3.76. The molecule has 0 saturated carbocycles. The van der Waals surface area contributed by atoms with Gasteiger partial charge in [-0.2, -0.15) is 0 Å². The summed E-state index contributed by atoms with van der Waals surface area (Å²) < 4.78 is 0. The third-order valence-corrected chi connectivity index (χ3v) is 3.75. The average molecular weight is 240 g/mol. The van der Waals surface area contributed by atoms with Crippen LogP contribution in [0.2, 0.25) is 0 Å². The Labute approximate surface area is 101 Å². The molecular weight excluding hydrogens is 220 g/mol. The van der Waals surface area contributed by atoms with E-state index in [1.807, 2.05) is 4.90 Å². The number of carboxylic acid groups (broad SMARTS) is 1. The Bertz CT molecular complexity index is 292. The van der Waals surface area contributed by atoms with Gasteiger partial charge in [-0.15, -0.1) is 0 Å². The maximum absolute atomic E-state index is 12.0. The molecule has 0 atom stereocenters. The highest BCUT2D eigenvalue weighted by Gasteiger charge is 2.27. The first-order chi connectivity index (χ1) is 8.16. The third-order valence-electron chi connectivity index (χ3n) is 3.75. The number of hydrogen-bond acceptors (Lipinski definition) is 3. The molecular formula is C12H20N2O3. The van der Waals surface area contributed by atoms with Crippen LogP contribution >= 0.6 is 0 Å². The largest absolute Gasteiger partial charge is 0.481 e. The van der Waals surface area contributed by atoms with E-state index < -0.39 is 5.97 Å². The van der Waals surface area contributed by atoms with Crippen LogP contribution in [0, 0.1) is 5.92 Å². The van der Waals surface area contributed by atoms with E-state index in [9.17, 15) is 9.59 Å². The second-order valence-electron chi connectivity index (χ2n) is 4.98. The van der Waals surface area contributed by atoms with E-state index in [-0.39, 0.29) is 11.8 Å². The number of nitrogens with zero attached hydrogens (tertiary/aromatic N) is 2. The number of carbonyl (C=O) groups is 2. The number of rotatable bonds is 3. The van der Waals surface area contributed by atoms with Crippen LogP contribution in [0.1, 0.15) is 25.7 Å². The maximum Gasteiger partial charge on any atom is 0.306 e. The normalized spacial score (nSPS) is 22.9. The molecule has 2 aliphatic rings. The molecule has 0 aromatic rings. The Hall–Kier alpha value is -1.10. The zero-order valence-electron chi connectivity index (χ0n) is 10.1. The van der Waals surface area contributed by atoms with Gasteiger partial charge in [0.1, 0.15) is 0 Å². The lowest BCUT2D eigenvalue weighted by molar-refractivity contribution is -0.145. The molecule has 5 nitrogen and oxygen atoms in total. The van der Waals surface area contributed by atoms with Crippen LogP contribution < -0.4 is 0 Å². The lowest BCUT2D eigenvalue weighted by Gasteiger charge is -2.31. The van der Waals surface area contributed by atoms with Gasteiger partial charge in [-0.25, -0.2) is 0 Å². The van der Waals surface area contributed by atoms with Gasteiger partial charge in [0.2, 0.25) is 5.91 Å². The highest BCUT2D eigenvalue weighted by molar-refractivity contribution is 5.79. The summed E-state index contributed by atoms with van der Waals surface area (Å²) in [5.74, 6) is -0.821. The molecule has 1 N–H and O–H groups in total. The molecule has 0 aliphatic carbocycles. The number of amides is 1. The average Bonchev–Trinajstić information content (AvgIpc) is 2.82. The summed E-state index contributed by atoms with van der Waals surface area (Å²) in [5.41, 5.74) is 0. The summed E-state index contributed by atoms with van der Waals surface area (Å²) >= 11 is 0. The third kappa shape index (κ3) is 3.19. The van der Waals surface area contributed by atoms with Crippen LogP contribution in [0.3, 0.4) is 0 Å². The highest BCUT2D eigenvalue weighted by Crippen LogP contribution is 2.18. The molecule has 2 fully saturated rings. The van der Waals surface area contributed by atoms with E-state index in [2.05, 4.69) is 4.90 Å². The van der Waals surface area contributed by atoms with Gasteiger partial charge in [0.05, 0.1) is 12.5 Å². The van der Waals surface area contributed by atoms with E-state index in [4.69, 9.17) is 5.11 Å². The minimum Gasteiger partial charge on any atom is -0.481 e. The molecule has 1 amide bonds. The molecule has 2 saturated heterocycles. The Morgan fingerprint density at radius 2 is 1.65 bits per heavy atom. The van der Waals surface area contributed by atoms with E-state index in [0.717, 1.165) is 13.1 Å². The fraction of sp³-hybridized carbons (Fsp3) is 0.833. The summed E-state index contributed by atoms with van der Waals surface area (Å²) in [5, 5.41) is 8.88. The predicted octanol–water partition coefficient (Wildman–Crippen LogP) is 0.405. The molecule has 17 heavy (non-hydrogen) atoms. The van der Waals surface area contributed by atoms with Crippen molar-refractivity contribution in [2.24, 2.45) is 5.92 Å². The zero-order chi connectivity index (χ0) is 12.3. The minimum absolute atomic E-state index is 0.163. The van der Waals surface area contributed by atoms with E-state index in [1.54, 1.807) is 0 Å². The number of likely N-dealkylation sites (tertiary alicyclic amines) is 2.